The van der Waals surface area contributed by atoms with Gasteiger partial charge < -0.3 is 5.32 Å². The van der Waals surface area contributed by atoms with Gasteiger partial charge in [-0.05, 0) is 46.6 Å². The summed E-state index contributed by atoms with van der Waals surface area (Å²) in [5.74, 6) is 0.199. The van der Waals surface area contributed by atoms with Crippen molar-refractivity contribution in [1.82, 2.24) is 9.97 Å². The van der Waals surface area contributed by atoms with Crippen LogP contribution in [-0.4, -0.2) is 15.9 Å². The molecular weight excluding hydrogens is 318 g/mol. The number of hydrogen-bond acceptors (Lipinski definition) is 3. The second-order valence-corrected chi connectivity index (χ2v) is 4.99. The topological polar surface area (TPSA) is 54.9 Å². The molecule has 0 aliphatic carbocycles. The van der Waals surface area contributed by atoms with Crippen molar-refractivity contribution < 1.29 is 4.79 Å². The first kappa shape index (κ1) is 13.0. The van der Waals surface area contributed by atoms with E-state index in [0.717, 1.165) is 10.0 Å². The summed E-state index contributed by atoms with van der Waals surface area (Å²) in [6, 6.07) is 5.05. The summed E-state index contributed by atoms with van der Waals surface area (Å²) < 4.78 is 0.864. The fourth-order valence-electron chi connectivity index (χ4n) is 1.35. The van der Waals surface area contributed by atoms with E-state index in [-0.39, 0.29) is 5.91 Å². The second kappa shape index (κ2) is 5.46. The van der Waals surface area contributed by atoms with Crippen molar-refractivity contribution >= 4 is 39.3 Å². The Kier molecular flexibility index (Phi) is 3.93. The Hall–Kier alpha value is -1.46. The highest BCUT2D eigenvalue weighted by Gasteiger charge is 2.10. The fraction of sp³-hybridized carbons (Fsp3) is 0.0833. The molecular formula is C12H9BrClN3O. The minimum absolute atomic E-state index is 0.295. The highest BCUT2D eigenvalue weighted by Crippen LogP contribution is 2.17. The van der Waals surface area contributed by atoms with Gasteiger partial charge in [0.2, 0.25) is 0 Å². The summed E-state index contributed by atoms with van der Waals surface area (Å²) in [5, 5.41) is 3.19. The normalized spacial score (nSPS) is 10.2. The van der Waals surface area contributed by atoms with Crippen molar-refractivity contribution in [3.63, 3.8) is 0 Å². The molecule has 0 saturated heterocycles. The lowest BCUT2D eigenvalue weighted by Crippen LogP contribution is -2.15. The molecule has 2 rings (SSSR count). The highest BCUT2D eigenvalue weighted by atomic mass is 79.9. The zero-order chi connectivity index (χ0) is 13.1. The number of aryl methyl sites for hydroxylation is 1. The number of hydrogen-bond donors (Lipinski definition) is 1. The van der Waals surface area contributed by atoms with Crippen LogP contribution in [0.15, 0.2) is 35.1 Å². The van der Waals surface area contributed by atoms with Crippen LogP contribution in [0, 0.1) is 6.92 Å². The number of halogens is 2. The second-order valence-electron chi connectivity index (χ2n) is 3.63. The van der Waals surface area contributed by atoms with Gasteiger partial charge >= 0.3 is 0 Å². The summed E-state index contributed by atoms with van der Waals surface area (Å²) in [7, 11) is 0. The molecule has 1 amide bonds. The van der Waals surface area contributed by atoms with Crippen molar-refractivity contribution in [2.24, 2.45) is 0 Å². The number of nitrogens with one attached hydrogen (secondary N) is 1. The van der Waals surface area contributed by atoms with Crippen molar-refractivity contribution in [2.45, 2.75) is 6.92 Å². The van der Waals surface area contributed by atoms with Gasteiger partial charge in [0.25, 0.3) is 5.91 Å². The molecule has 0 saturated carbocycles. The number of pyridine rings is 2. The van der Waals surface area contributed by atoms with E-state index in [9.17, 15) is 4.79 Å². The van der Waals surface area contributed by atoms with Gasteiger partial charge in [-0.15, -0.1) is 0 Å². The van der Waals surface area contributed by atoms with Crippen LogP contribution in [0.3, 0.4) is 0 Å². The summed E-state index contributed by atoms with van der Waals surface area (Å²) >= 11 is 9.02. The maximum Gasteiger partial charge on any atom is 0.275 e. The molecule has 0 bridgehead atoms. The summed E-state index contributed by atoms with van der Waals surface area (Å²) in [4.78, 5) is 20.0. The van der Waals surface area contributed by atoms with E-state index < -0.39 is 0 Å². The molecule has 0 aliphatic heterocycles. The van der Waals surface area contributed by atoms with Gasteiger partial charge in [0, 0.05) is 16.9 Å². The van der Waals surface area contributed by atoms with Gasteiger partial charge in [0.05, 0.1) is 5.02 Å². The van der Waals surface area contributed by atoms with E-state index >= 15 is 0 Å². The Morgan fingerprint density at radius 3 is 2.72 bits per heavy atom. The van der Waals surface area contributed by atoms with Gasteiger partial charge in [-0.25, -0.2) is 9.97 Å². The average Bonchev–Trinajstić information content (AvgIpc) is 2.33. The third-order valence-corrected chi connectivity index (χ3v) is 2.89. The number of carbonyl (C=O) groups is 1. The summed E-state index contributed by atoms with van der Waals surface area (Å²) in [6.45, 7) is 1.86. The lowest BCUT2D eigenvalue weighted by atomic mass is 10.3. The molecule has 0 aromatic carbocycles. The van der Waals surface area contributed by atoms with Gasteiger partial charge in [-0.1, -0.05) is 11.6 Å². The molecule has 0 aliphatic rings. The quantitative estimate of drug-likeness (QED) is 0.919. The summed E-state index contributed by atoms with van der Waals surface area (Å²) in [6.07, 6.45) is 3.05. The van der Waals surface area contributed by atoms with Crippen molar-refractivity contribution in [3.05, 3.63) is 51.3 Å². The van der Waals surface area contributed by atoms with Crippen LogP contribution in [0.4, 0.5) is 5.82 Å². The van der Waals surface area contributed by atoms with E-state index in [4.69, 9.17) is 11.6 Å². The maximum atomic E-state index is 11.9. The van der Waals surface area contributed by atoms with Crippen LogP contribution >= 0.6 is 27.5 Å². The number of anilines is 1. The average molecular weight is 327 g/mol. The minimum atomic E-state index is -0.315. The molecule has 0 unspecified atom stereocenters. The van der Waals surface area contributed by atoms with Crippen molar-refractivity contribution in [2.75, 3.05) is 5.32 Å². The van der Waals surface area contributed by atoms with Crippen LogP contribution in [0.5, 0.6) is 0 Å². The molecule has 0 radical (unpaired) electrons. The third kappa shape index (κ3) is 3.05. The Balaban J connectivity index is 2.18. The standard InChI is InChI=1S/C12H9BrClN3O/c1-7-4-8(13)5-16-11(7)17-12(18)10-3-2-9(14)6-15-10/h2-6H,1H3,(H,16,17,18). The molecule has 0 atom stereocenters. The zero-order valence-electron chi connectivity index (χ0n) is 9.45. The molecule has 0 fully saturated rings. The van der Waals surface area contributed by atoms with Gasteiger partial charge in [-0.2, -0.15) is 0 Å². The minimum Gasteiger partial charge on any atom is -0.305 e. The predicted octanol–water partition coefficient (Wildman–Crippen LogP) is 3.45. The van der Waals surface area contributed by atoms with E-state index in [1.807, 2.05) is 13.0 Å². The van der Waals surface area contributed by atoms with Crippen molar-refractivity contribution in [3.8, 4) is 0 Å². The Morgan fingerprint density at radius 1 is 1.33 bits per heavy atom. The molecule has 18 heavy (non-hydrogen) atoms. The highest BCUT2D eigenvalue weighted by molar-refractivity contribution is 9.10. The Morgan fingerprint density at radius 2 is 2.11 bits per heavy atom. The van der Waals surface area contributed by atoms with Gasteiger partial charge in [0.1, 0.15) is 11.5 Å². The lowest BCUT2D eigenvalue weighted by molar-refractivity contribution is 0.102. The largest absolute Gasteiger partial charge is 0.305 e. The number of nitrogens with zero attached hydrogens (tertiary/aromatic N) is 2. The van der Waals surface area contributed by atoms with E-state index in [1.165, 1.54) is 6.20 Å². The van der Waals surface area contributed by atoms with E-state index in [0.29, 0.717) is 16.5 Å². The van der Waals surface area contributed by atoms with E-state index in [2.05, 4.69) is 31.2 Å². The molecule has 0 spiro atoms. The smallest absolute Gasteiger partial charge is 0.275 e. The third-order valence-electron chi connectivity index (χ3n) is 2.24. The molecule has 1 N–H and O–H groups in total. The first-order valence-electron chi connectivity index (χ1n) is 5.11. The van der Waals surface area contributed by atoms with Crippen molar-refractivity contribution in [1.29, 1.82) is 0 Å². The zero-order valence-corrected chi connectivity index (χ0v) is 11.8. The van der Waals surface area contributed by atoms with Crippen LogP contribution in [0.2, 0.25) is 5.02 Å². The lowest BCUT2D eigenvalue weighted by Gasteiger charge is -2.07. The number of carbonyl (C=O) groups excluding carboxylic acids is 1. The summed E-state index contributed by atoms with van der Waals surface area (Å²) in [5.41, 5.74) is 1.16. The molecule has 6 heteroatoms. The molecule has 4 nitrogen and oxygen atoms in total. The number of aromatic nitrogens is 2. The van der Waals surface area contributed by atoms with E-state index in [1.54, 1.807) is 18.3 Å². The molecule has 2 heterocycles. The maximum absolute atomic E-state index is 11.9. The Labute approximate surface area is 118 Å². The van der Waals surface area contributed by atoms with Gasteiger partial charge in [0.15, 0.2) is 0 Å². The van der Waals surface area contributed by atoms with Crippen LogP contribution in [0.25, 0.3) is 0 Å². The predicted molar refractivity (Wildman–Crippen MR) is 73.9 cm³/mol. The first-order chi connectivity index (χ1) is 8.56. The first-order valence-corrected chi connectivity index (χ1v) is 6.28. The fourth-order valence-corrected chi connectivity index (χ4v) is 1.91. The van der Waals surface area contributed by atoms with Crippen LogP contribution in [0.1, 0.15) is 16.1 Å². The molecule has 2 aromatic heterocycles. The van der Waals surface area contributed by atoms with Crippen LogP contribution in [-0.2, 0) is 0 Å². The number of amides is 1. The SMILES string of the molecule is Cc1cc(Br)cnc1NC(=O)c1ccc(Cl)cn1. The van der Waals surface area contributed by atoms with Crippen LogP contribution < -0.4 is 5.32 Å². The van der Waals surface area contributed by atoms with Gasteiger partial charge in [-0.3, -0.25) is 4.79 Å². The molecule has 2 aromatic rings. The monoisotopic (exact) mass is 325 g/mol. The Bertz CT molecular complexity index is 586. The molecule has 92 valence electrons. The number of rotatable bonds is 2.